The summed E-state index contributed by atoms with van der Waals surface area (Å²) in [5.41, 5.74) is 0. The van der Waals surface area contributed by atoms with E-state index in [1.807, 2.05) is 6.92 Å². The predicted molar refractivity (Wildman–Crippen MR) is 42.9 cm³/mol. The molecule has 4 heteroatoms. The Morgan fingerprint density at radius 3 is 3.09 bits per heavy atom. The van der Waals surface area contributed by atoms with Gasteiger partial charge in [0.1, 0.15) is 0 Å². The van der Waals surface area contributed by atoms with Gasteiger partial charge in [0, 0.05) is 13.2 Å². The Bertz CT molecular complexity index is 151. The molecule has 64 valence electrons. The second-order valence-electron chi connectivity index (χ2n) is 2.72. The van der Waals surface area contributed by atoms with E-state index in [2.05, 4.69) is 0 Å². The van der Waals surface area contributed by atoms with E-state index in [-0.39, 0.29) is 11.4 Å². The average molecular weight is 178 g/mol. The average Bonchev–Trinajstić information content (AvgIpc) is 2.13. The van der Waals surface area contributed by atoms with Gasteiger partial charge in [-0.3, -0.25) is 4.79 Å². The van der Waals surface area contributed by atoms with E-state index < -0.39 is 0 Å². The first-order chi connectivity index (χ1) is 5.22. The topological polar surface area (TPSA) is 29.5 Å². The van der Waals surface area contributed by atoms with Crippen LogP contribution in [0, 0.1) is 0 Å². The Kier molecular flexibility index (Phi) is 3.15. The molecule has 1 heterocycles. The van der Waals surface area contributed by atoms with E-state index in [4.69, 9.17) is 16.3 Å². The molecule has 0 aromatic carbocycles. The summed E-state index contributed by atoms with van der Waals surface area (Å²) in [4.78, 5) is 12.4. The van der Waals surface area contributed by atoms with Crippen LogP contribution in [0.1, 0.15) is 13.3 Å². The number of hydrogen-bond acceptors (Lipinski definition) is 2. The van der Waals surface area contributed by atoms with E-state index in [0.29, 0.717) is 13.2 Å². The molecule has 1 atom stereocenters. The summed E-state index contributed by atoms with van der Waals surface area (Å²) in [7, 11) is 0. The van der Waals surface area contributed by atoms with E-state index in [0.717, 1.165) is 13.0 Å². The lowest BCUT2D eigenvalue weighted by Gasteiger charge is -2.22. The molecule has 1 fully saturated rings. The molecule has 0 radical (unpaired) electrons. The van der Waals surface area contributed by atoms with Crippen LogP contribution in [0.25, 0.3) is 0 Å². The molecule has 0 N–H and O–H groups in total. The summed E-state index contributed by atoms with van der Waals surface area (Å²) in [5, 5.41) is -0.372. The number of ether oxygens (including phenoxy) is 1. The van der Waals surface area contributed by atoms with Crippen molar-refractivity contribution in [1.82, 2.24) is 4.90 Å². The van der Waals surface area contributed by atoms with Crippen LogP contribution >= 0.6 is 11.6 Å². The van der Waals surface area contributed by atoms with Crippen LogP contribution in [0.2, 0.25) is 0 Å². The molecule has 1 aliphatic heterocycles. The van der Waals surface area contributed by atoms with Gasteiger partial charge < -0.3 is 9.64 Å². The van der Waals surface area contributed by atoms with Gasteiger partial charge in [0.05, 0.1) is 12.6 Å². The van der Waals surface area contributed by atoms with E-state index >= 15 is 0 Å². The fourth-order valence-electron chi connectivity index (χ4n) is 1.16. The molecule has 0 bridgehead atoms. The third-order valence-corrected chi connectivity index (χ3v) is 2.02. The minimum atomic E-state index is -0.372. The number of nitrogens with zero attached hydrogens (tertiary/aromatic N) is 1. The van der Waals surface area contributed by atoms with Crippen molar-refractivity contribution in [3.63, 3.8) is 0 Å². The number of hydrogen-bond donors (Lipinski definition) is 0. The summed E-state index contributed by atoms with van der Waals surface area (Å²) in [6.45, 7) is 3.97. The molecule has 0 aromatic rings. The molecule has 1 unspecified atom stereocenters. The van der Waals surface area contributed by atoms with Crippen molar-refractivity contribution < 1.29 is 9.53 Å². The summed E-state index contributed by atoms with van der Waals surface area (Å²) in [6, 6.07) is 0.113. The fraction of sp³-hybridized carbons (Fsp3) is 0.857. The first-order valence-corrected chi connectivity index (χ1v) is 4.13. The second kappa shape index (κ2) is 3.93. The van der Waals surface area contributed by atoms with Gasteiger partial charge in [-0.05, 0) is 24.9 Å². The van der Waals surface area contributed by atoms with E-state index in [1.54, 1.807) is 4.90 Å². The van der Waals surface area contributed by atoms with Gasteiger partial charge in [0.25, 0.3) is 0 Å². The van der Waals surface area contributed by atoms with Crippen molar-refractivity contribution in [2.75, 3.05) is 19.8 Å². The summed E-state index contributed by atoms with van der Waals surface area (Å²) >= 11 is 5.36. The van der Waals surface area contributed by atoms with E-state index in [1.165, 1.54) is 0 Å². The van der Waals surface area contributed by atoms with Crippen LogP contribution in [0.3, 0.4) is 0 Å². The van der Waals surface area contributed by atoms with Gasteiger partial charge >= 0.3 is 5.37 Å². The van der Waals surface area contributed by atoms with Gasteiger partial charge in [0.15, 0.2) is 0 Å². The lowest BCUT2D eigenvalue weighted by Crippen LogP contribution is -2.36. The maximum absolute atomic E-state index is 10.8. The lowest BCUT2D eigenvalue weighted by molar-refractivity contribution is 0.118. The number of halogens is 1. The summed E-state index contributed by atoms with van der Waals surface area (Å²) in [6.07, 6.45) is 0.878. The van der Waals surface area contributed by atoms with Crippen LogP contribution in [0.15, 0.2) is 0 Å². The number of carbonyl (C=O) groups excluding carboxylic acids is 1. The maximum Gasteiger partial charge on any atom is 0.316 e. The van der Waals surface area contributed by atoms with Gasteiger partial charge in [-0.2, -0.15) is 0 Å². The minimum absolute atomic E-state index is 0.113. The lowest BCUT2D eigenvalue weighted by atomic mass is 10.3. The van der Waals surface area contributed by atoms with Crippen molar-refractivity contribution in [3.8, 4) is 0 Å². The van der Waals surface area contributed by atoms with Crippen molar-refractivity contribution in [3.05, 3.63) is 0 Å². The van der Waals surface area contributed by atoms with Crippen molar-refractivity contribution in [1.29, 1.82) is 0 Å². The smallest absolute Gasteiger partial charge is 0.316 e. The number of amides is 1. The molecular weight excluding hydrogens is 166 g/mol. The van der Waals surface area contributed by atoms with Crippen LogP contribution in [-0.2, 0) is 4.74 Å². The van der Waals surface area contributed by atoms with Crippen LogP contribution < -0.4 is 0 Å². The molecule has 1 saturated heterocycles. The van der Waals surface area contributed by atoms with Crippen molar-refractivity contribution >= 4 is 17.0 Å². The van der Waals surface area contributed by atoms with Gasteiger partial charge in [-0.25, -0.2) is 0 Å². The fourth-order valence-corrected chi connectivity index (χ4v) is 1.41. The first kappa shape index (κ1) is 8.81. The number of rotatable bonds is 0. The first-order valence-electron chi connectivity index (χ1n) is 3.75. The largest absolute Gasteiger partial charge is 0.379 e. The van der Waals surface area contributed by atoms with Gasteiger partial charge in [-0.15, -0.1) is 0 Å². The summed E-state index contributed by atoms with van der Waals surface area (Å²) in [5.74, 6) is 0. The van der Waals surface area contributed by atoms with Crippen LogP contribution in [0.5, 0.6) is 0 Å². The van der Waals surface area contributed by atoms with Gasteiger partial charge in [-0.1, -0.05) is 0 Å². The maximum atomic E-state index is 10.8. The quantitative estimate of drug-likeness (QED) is 0.414. The highest BCUT2D eigenvalue weighted by molar-refractivity contribution is 6.62. The molecular formula is C7H12ClNO2. The monoisotopic (exact) mass is 177 g/mol. The number of carbonyl (C=O) groups is 1. The van der Waals surface area contributed by atoms with Crippen LogP contribution in [-0.4, -0.2) is 36.1 Å². The SMILES string of the molecule is CC1COCCCN1C(=O)Cl. The highest BCUT2D eigenvalue weighted by atomic mass is 35.5. The normalized spacial score (nSPS) is 26.4. The standard InChI is InChI=1S/C7H12ClNO2/c1-6-5-11-4-2-3-9(6)7(8)10/h6H,2-5H2,1H3. The third-order valence-electron chi connectivity index (χ3n) is 1.80. The predicted octanol–water partition coefficient (Wildman–Crippen LogP) is 1.46. The molecule has 11 heavy (non-hydrogen) atoms. The third kappa shape index (κ3) is 2.34. The molecule has 3 nitrogen and oxygen atoms in total. The Labute approximate surface area is 71.3 Å². The van der Waals surface area contributed by atoms with Gasteiger partial charge in [0.2, 0.25) is 0 Å². The van der Waals surface area contributed by atoms with Crippen LogP contribution in [0.4, 0.5) is 4.79 Å². The molecule has 1 aliphatic rings. The van der Waals surface area contributed by atoms with Crippen molar-refractivity contribution in [2.45, 2.75) is 19.4 Å². The Morgan fingerprint density at radius 2 is 2.45 bits per heavy atom. The summed E-state index contributed by atoms with van der Waals surface area (Å²) < 4.78 is 5.23. The molecule has 1 amide bonds. The zero-order chi connectivity index (χ0) is 8.27. The zero-order valence-corrected chi connectivity index (χ0v) is 7.30. The Morgan fingerprint density at radius 1 is 1.73 bits per heavy atom. The molecule has 0 aliphatic carbocycles. The highest BCUT2D eigenvalue weighted by Gasteiger charge is 2.20. The second-order valence-corrected chi connectivity index (χ2v) is 3.05. The molecule has 0 aromatic heterocycles. The van der Waals surface area contributed by atoms with E-state index in [9.17, 15) is 4.79 Å². The van der Waals surface area contributed by atoms with Crippen molar-refractivity contribution in [2.24, 2.45) is 0 Å². The zero-order valence-electron chi connectivity index (χ0n) is 6.55. The Hall–Kier alpha value is -0.280. The minimum Gasteiger partial charge on any atom is -0.379 e. The molecule has 0 spiro atoms. The highest BCUT2D eigenvalue weighted by Crippen LogP contribution is 2.09. The molecule has 1 rings (SSSR count). The Balaban J connectivity index is 2.52. The molecule has 0 saturated carbocycles.